The molecule has 26 heavy (non-hydrogen) atoms. The van der Waals surface area contributed by atoms with Crippen LogP contribution in [0.1, 0.15) is 17.4 Å². The normalized spacial score (nSPS) is 18.2. The van der Waals surface area contributed by atoms with Gasteiger partial charge in [-0.15, -0.1) is 11.3 Å². The molecular formula is C19H20ClN3O2S. The van der Waals surface area contributed by atoms with Gasteiger partial charge in [-0.05, 0) is 29.8 Å². The number of imidazole rings is 1. The highest BCUT2D eigenvalue weighted by Gasteiger charge is 2.27. The highest BCUT2D eigenvalue weighted by atomic mass is 35.5. The van der Waals surface area contributed by atoms with Crippen molar-refractivity contribution in [2.75, 3.05) is 26.9 Å². The number of hydrogen-bond donors (Lipinski definition) is 1. The number of benzene rings is 1. The summed E-state index contributed by atoms with van der Waals surface area (Å²) in [5, 5.41) is 0. The predicted octanol–water partition coefficient (Wildman–Crippen LogP) is 4.37. The minimum Gasteiger partial charge on any atom is -0.497 e. The quantitative estimate of drug-likeness (QED) is 0.703. The van der Waals surface area contributed by atoms with E-state index in [1.807, 2.05) is 30.5 Å². The lowest BCUT2D eigenvalue weighted by Crippen LogP contribution is -2.39. The Labute approximate surface area is 161 Å². The Bertz CT molecular complexity index is 862. The van der Waals surface area contributed by atoms with Crippen LogP contribution in [0.3, 0.4) is 0 Å². The molecule has 3 aromatic rings. The van der Waals surface area contributed by atoms with Gasteiger partial charge in [-0.3, -0.25) is 4.90 Å². The molecule has 7 heteroatoms. The fourth-order valence-electron chi connectivity index (χ4n) is 3.13. The van der Waals surface area contributed by atoms with Crippen molar-refractivity contribution < 1.29 is 9.47 Å². The van der Waals surface area contributed by atoms with E-state index >= 15 is 0 Å². The van der Waals surface area contributed by atoms with Gasteiger partial charge in [0.15, 0.2) is 0 Å². The summed E-state index contributed by atoms with van der Waals surface area (Å²) in [6, 6.07) is 12.2. The Hall–Kier alpha value is -1.86. The maximum absolute atomic E-state index is 6.05. The smallest absolute Gasteiger partial charge is 0.126 e. The topological polar surface area (TPSA) is 50.4 Å². The zero-order chi connectivity index (χ0) is 17.9. The lowest BCUT2D eigenvalue weighted by atomic mass is 10.1. The van der Waals surface area contributed by atoms with E-state index in [9.17, 15) is 0 Å². The van der Waals surface area contributed by atoms with Gasteiger partial charge < -0.3 is 14.5 Å². The van der Waals surface area contributed by atoms with Gasteiger partial charge in [-0.2, -0.15) is 0 Å². The highest BCUT2D eigenvalue weighted by molar-refractivity contribution is 7.19. The van der Waals surface area contributed by atoms with Crippen LogP contribution in [0.5, 0.6) is 5.75 Å². The number of nitrogens with one attached hydrogen (secondary N) is 1. The standard InChI is InChI=1S/C19H20ClN3O2S/c1-24-14-4-2-13(3-5-14)11-23-8-9-25-12-16(23)19-21-10-15(22-19)17-6-7-18(20)26-17/h2-7,10,16H,8-9,11-12H2,1H3,(H,21,22). The fraction of sp³-hybridized carbons (Fsp3) is 0.316. The molecule has 0 radical (unpaired) electrons. The summed E-state index contributed by atoms with van der Waals surface area (Å²) in [6.07, 6.45) is 1.87. The van der Waals surface area contributed by atoms with Crippen molar-refractivity contribution >= 4 is 22.9 Å². The number of H-pyrrole nitrogens is 1. The highest BCUT2D eigenvalue weighted by Crippen LogP contribution is 2.32. The number of ether oxygens (including phenoxy) is 2. The fourth-order valence-corrected chi connectivity index (χ4v) is 4.14. The lowest BCUT2D eigenvalue weighted by molar-refractivity contribution is -0.0156. The number of hydrogen-bond acceptors (Lipinski definition) is 5. The van der Waals surface area contributed by atoms with Crippen molar-refractivity contribution in [1.82, 2.24) is 14.9 Å². The molecule has 1 N–H and O–H groups in total. The molecule has 4 rings (SSSR count). The predicted molar refractivity (Wildman–Crippen MR) is 104 cm³/mol. The number of rotatable bonds is 5. The Morgan fingerprint density at radius 2 is 2.15 bits per heavy atom. The van der Waals surface area contributed by atoms with E-state index in [0.717, 1.165) is 46.2 Å². The Kier molecular flexibility index (Phi) is 5.26. The largest absolute Gasteiger partial charge is 0.497 e. The van der Waals surface area contributed by atoms with Crippen molar-refractivity contribution in [1.29, 1.82) is 0 Å². The van der Waals surface area contributed by atoms with Crippen molar-refractivity contribution in [3.8, 4) is 16.3 Å². The van der Waals surface area contributed by atoms with E-state index < -0.39 is 0 Å². The maximum Gasteiger partial charge on any atom is 0.126 e. The molecule has 0 saturated carbocycles. The Balaban J connectivity index is 1.52. The first-order valence-corrected chi connectivity index (χ1v) is 9.68. The minimum absolute atomic E-state index is 0.107. The van der Waals surface area contributed by atoms with Crippen molar-refractivity contribution in [2.24, 2.45) is 0 Å². The van der Waals surface area contributed by atoms with Crippen LogP contribution >= 0.6 is 22.9 Å². The third kappa shape index (κ3) is 3.78. The molecule has 0 amide bonds. The molecule has 1 aromatic carbocycles. The van der Waals surface area contributed by atoms with Crippen LogP contribution < -0.4 is 4.74 Å². The summed E-state index contributed by atoms with van der Waals surface area (Å²) >= 11 is 7.59. The monoisotopic (exact) mass is 389 g/mol. The zero-order valence-electron chi connectivity index (χ0n) is 14.4. The van der Waals surface area contributed by atoms with Gasteiger partial charge in [0.05, 0.1) is 47.5 Å². The van der Waals surface area contributed by atoms with Gasteiger partial charge in [0.2, 0.25) is 0 Å². The summed E-state index contributed by atoms with van der Waals surface area (Å²) in [4.78, 5) is 11.5. The van der Waals surface area contributed by atoms with Crippen LogP contribution in [0.25, 0.3) is 10.6 Å². The number of aromatic amines is 1. The van der Waals surface area contributed by atoms with Crippen LogP contribution in [0.2, 0.25) is 4.34 Å². The van der Waals surface area contributed by atoms with E-state index in [4.69, 9.17) is 21.1 Å². The maximum atomic E-state index is 6.05. The summed E-state index contributed by atoms with van der Waals surface area (Å²) in [7, 11) is 1.68. The Morgan fingerprint density at radius 3 is 2.88 bits per heavy atom. The van der Waals surface area contributed by atoms with E-state index in [-0.39, 0.29) is 6.04 Å². The van der Waals surface area contributed by atoms with E-state index in [0.29, 0.717) is 6.61 Å². The molecule has 1 atom stereocenters. The van der Waals surface area contributed by atoms with Crippen LogP contribution in [0, 0.1) is 0 Å². The van der Waals surface area contributed by atoms with E-state index in [1.165, 1.54) is 5.56 Å². The van der Waals surface area contributed by atoms with E-state index in [2.05, 4.69) is 27.0 Å². The number of methoxy groups -OCH3 is 1. The molecule has 0 bridgehead atoms. The summed E-state index contributed by atoms with van der Waals surface area (Å²) in [5.41, 5.74) is 2.24. The average Bonchev–Trinajstić information content (AvgIpc) is 3.32. The average molecular weight is 390 g/mol. The molecule has 1 aliphatic heterocycles. The second kappa shape index (κ2) is 7.80. The van der Waals surface area contributed by atoms with Gasteiger partial charge in [-0.25, -0.2) is 4.98 Å². The lowest BCUT2D eigenvalue weighted by Gasteiger charge is -2.34. The molecule has 1 fully saturated rings. The number of nitrogens with zero attached hydrogens (tertiary/aromatic N) is 2. The second-order valence-corrected chi connectivity index (χ2v) is 7.91. The van der Waals surface area contributed by atoms with Crippen LogP contribution in [0.4, 0.5) is 0 Å². The van der Waals surface area contributed by atoms with Gasteiger partial charge in [-0.1, -0.05) is 23.7 Å². The summed E-state index contributed by atoms with van der Waals surface area (Å²) in [6.45, 7) is 3.09. The SMILES string of the molecule is COc1ccc(CN2CCOCC2c2ncc(-c3ccc(Cl)s3)[nH]2)cc1. The van der Waals surface area contributed by atoms with Gasteiger partial charge in [0.1, 0.15) is 11.6 Å². The van der Waals surface area contributed by atoms with Crippen molar-refractivity contribution in [3.05, 3.63) is 58.3 Å². The number of aromatic nitrogens is 2. The number of morpholine rings is 1. The summed E-state index contributed by atoms with van der Waals surface area (Å²) < 4.78 is 11.7. The second-order valence-electron chi connectivity index (χ2n) is 6.20. The van der Waals surface area contributed by atoms with Crippen LogP contribution in [0.15, 0.2) is 42.6 Å². The van der Waals surface area contributed by atoms with Gasteiger partial charge in [0, 0.05) is 13.1 Å². The van der Waals surface area contributed by atoms with Gasteiger partial charge in [0.25, 0.3) is 0 Å². The minimum atomic E-state index is 0.107. The molecule has 5 nitrogen and oxygen atoms in total. The van der Waals surface area contributed by atoms with Crippen LogP contribution in [-0.4, -0.2) is 41.7 Å². The molecule has 2 aromatic heterocycles. The molecule has 3 heterocycles. The molecule has 0 aliphatic carbocycles. The Morgan fingerprint density at radius 1 is 1.31 bits per heavy atom. The molecule has 1 unspecified atom stereocenters. The first kappa shape index (κ1) is 17.5. The summed E-state index contributed by atoms with van der Waals surface area (Å²) in [5.74, 6) is 1.80. The van der Waals surface area contributed by atoms with Gasteiger partial charge >= 0.3 is 0 Å². The third-order valence-electron chi connectivity index (χ3n) is 4.53. The van der Waals surface area contributed by atoms with Crippen molar-refractivity contribution in [3.63, 3.8) is 0 Å². The number of thiophene rings is 1. The first-order chi connectivity index (χ1) is 12.7. The molecule has 1 saturated heterocycles. The first-order valence-electron chi connectivity index (χ1n) is 8.48. The number of halogens is 1. The third-order valence-corrected chi connectivity index (χ3v) is 5.80. The molecule has 0 spiro atoms. The van der Waals surface area contributed by atoms with E-state index in [1.54, 1.807) is 18.4 Å². The molecular weight excluding hydrogens is 370 g/mol. The molecule has 1 aliphatic rings. The molecule has 136 valence electrons. The van der Waals surface area contributed by atoms with Crippen LogP contribution in [-0.2, 0) is 11.3 Å². The zero-order valence-corrected chi connectivity index (χ0v) is 16.0. The van der Waals surface area contributed by atoms with Crippen molar-refractivity contribution in [2.45, 2.75) is 12.6 Å².